The Bertz CT molecular complexity index is 989. The number of likely N-dealkylation sites (N-methyl/N-ethyl adjacent to an activating group) is 1. The zero-order valence-electron chi connectivity index (χ0n) is 16.9. The normalized spacial score (nSPS) is 19.4. The number of allylic oxidation sites excluding steroid dienone is 1. The largest absolute Gasteiger partial charge is 0.435 e. The molecule has 1 aliphatic rings. The highest BCUT2D eigenvalue weighted by Crippen LogP contribution is 2.40. The predicted molar refractivity (Wildman–Crippen MR) is 110 cm³/mol. The highest BCUT2D eigenvalue weighted by Gasteiger charge is 2.49. The van der Waals surface area contributed by atoms with E-state index in [1.165, 1.54) is 17.0 Å². The average Bonchev–Trinajstić information content (AvgIpc) is 2.97. The molecule has 1 amide bonds. The highest BCUT2D eigenvalue weighted by molar-refractivity contribution is 6.09. The molecule has 3 rings (SSSR count). The van der Waals surface area contributed by atoms with Crippen LogP contribution in [0.25, 0.3) is 5.57 Å². The second kappa shape index (κ2) is 8.62. The van der Waals surface area contributed by atoms with Crippen LogP contribution in [0.15, 0.2) is 59.6 Å². The second-order valence-corrected chi connectivity index (χ2v) is 6.87. The maximum atomic E-state index is 13.3. The summed E-state index contributed by atoms with van der Waals surface area (Å²) >= 11 is 0. The zero-order chi connectivity index (χ0) is 21.9. The molecule has 1 aliphatic heterocycles. The van der Waals surface area contributed by atoms with Crippen LogP contribution in [-0.4, -0.2) is 44.1 Å². The molecule has 1 heterocycles. The highest BCUT2D eigenvalue weighted by atomic mass is 19.3. The minimum absolute atomic E-state index is 0.00764. The van der Waals surface area contributed by atoms with Gasteiger partial charge in [-0.1, -0.05) is 36.4 Å². The lowest BCUT2D eigenvalue weighted by molar-refractivity contribution is -0.129. The Morgan fingerprint density at radius 3 is 2.50 bits per heavy atom. The summed E-state index contributed by atoms with van der Waals surface area (Å²) in [5, 5.41) is 0. The minimum atomic E-state index is -2.93. The summed E-state index contributed by atoms with van der Waals surface area (Å²) in [4.78, 5) is 19.1. The summed E-state index contributed by atoms with van der Waals surface area (Å²) in [5.74, 6) is -0.269. The fourth-order valence-corrected chi connectivity index (χ4v) is 3.38. The summed E-state index contributed by atoms with van der Waals surface area (Å²) in [5.41, 5.74) is 7.56. The molecule has 0 saturated carbocycles. The Labute approximate surface area is 173 Å². The minimum Gasteiger partial charge on any atom is -0.435 e. The second-order valence-electron chi connectivity index (χ2n) is 6.87. The number of halogens is 2. The van der Waals surface area contributed by atoms with Gasteiger partial charge in [0.15, 0.2) is 11.5 Å². The molecule has 0 saturated heterocycles. The molecule has 0 spiro atoms. The number of hydrogen-bond acceptors (Lipinski definition) is 5. The Morgan fingerprint density at radius 1 is 1.23 bits per heavy atom. The molecule has 158 valence electrons. The number of benzene rings is 2. The first-order valence-corrected chi connectivity index (χ1v) is 9.25. The molecule has 6 nitrogen and oxygen atoms in total. The number of amides is 1. The Kier molecular flexibility index (Phi) is 6.17. The van der Waals surface area contributed by atoms with E-state index >= 15 is 0 Å². The maximum Gasteiger partial charge on any atom is 0.387 e. The van der Waals surface area contributed by atoms with Crippen molar-refractivity contribution in [1.29, 1.82) is 0 Å². The fraction of sp³-hybridized carbons (Fsp3) is 0.273. The number of ether oxygens (including phenoxy) is 2. The third-order valence-electron chi connectivity index (χ3n) is 5.03. The van der Waals surface area contributed by atoms with E-state index in [4.69, 9.17) is 10.5 Å². The molecular weight excluding hydrogens is 392 g/mol. The first-order valence-electron chi connectivity index (χ1n) is 9.25. The van der Waals surface area contributed by atoms with E-state index in [-0.39, 0.29) is 17.6 Å². The van der Waals surface area contributed by atoms with Gasteiger partial charge in [0, 0.05) is 14.2 Å². The molecule has 1 unspecified atom stereocenters. The molecule has 0 aliphatic carbocycles. The first-order chi connectivity index (χ1) is 14.3. The van der Waals surface area contributed by atoms with Gasteiger partial charge in [0.25, 0.3) is 5.91 Å². The average molecular weight is 415 g/mol. The van der Waals surface area contributed by atoms with Gasteiger partial charge in [-0.15, -0.1) is 0 Å². The lowest BCUT2D eigenvalue weighted by Gasteiger charge is -2.26. The molecule has 2 N–H and O–H groups in total. The smallest absolute Gasteiger partial charge is 0.387 e. The van der Waals surface area contributed by atoms with Gasteiger partial charge in [-0.05, 0) is 47.4 Å². The van der Waals surface area contributed by atoms with Crippen LogP contribution in [0.3, 0.4) is 0 Å². The molecule has 0 aromatic heterocycles. The molecule has 8 heteroatoms. The van der Waals surface area contributed by atoms with Crippen molar-refractivity contribution in [3.8, 4) is 5.75 Å². The van der Waals surface area contributed by atoms with Crippen molar-refractivity contribution in [2.24, 2.45) is 10.7 Å². The van der Waals surface area contributed by atoms with Crippen LogP contribution in [0.2, 0.25) is 0 Å². The topological polar surface area (TPSA) is 77.2 Å². The number of nitrogens with zero attached hydrogens (tertiary/aromatic N) is 2. The Balaban J connectivity index is 2.13. The van der Waals surface area contributed by atoms with Crippen LogP contribution in [-0.2, 0) is 15.1 Å². The number of methoxy groups -OCH3 is 1. The van der Waals surface area contributed by atoms with Gasteiger partial charge >= 0.3 is 6.61 Å². The van der Waals surface area contributed by atoms with Gasteiger partial charge in [-0.3, -0.25) is 9.69 Å². The van der Waals surface area contributed by atoms with Crippen molar-refractivity contribution in [2.75, 3.05) is 20.8 Å². The molecular formula is C22H23F2N3O3. The van der Waals surface area contributed by atoms with Crippen LogP contribution in [0.5, 0.6) is 5.75 Å². The van der Waals surface area contributed by atoms with E-state index < -0.39 is 12.2 Å². The zero-order valence-corrected chi connectivity index (χ0v) is 16.9. The summed E-state index contributed by atoms with van der Waals surface area (Å²) in [6, 6.07) is 13.3. The standard InChI is InChI=1S/C22H23F2N3O3/c1-14(11-12-29-3)15-5-4-6-17(13-15)22(19(28)27(2)21(25)26-22)16-7-9-18(10-8-16)30-20(23)24/h4-11,13,20H,12H2,1-3H3,(H2,25,26)/b14-11+. The molecule has 0 radical (unpaired) electrons. The quantitative estimate of drug-likeness (QED) is 0.752. The van der Waals surface area contributed by atoms with Gasteiger partial charge in [0.2, 0.25) is 0 Å². The summed E-state index contributed by atoms with van der Waals surface area (Å²) < 4.78 is 34.5. The van der Waals surface area contributed by atoms with E-state index in [1.807, 2.05) is 31.2 Å². The maximum absolute atomic E-state index is 13.3. The molecule has 2 aromatic carbocycles. The van der Waals surface area contributed by atoms with Crippen molar-refractivity contribution in [2.45, 2.75) is 19.1 Å². The van der Waals surface area contributed by atoms with Crippen molar-refractivity contribution < 1.29 is 23.0 Å². The fourth-order valence-electron chi connectivity index (χ4n) is 3.38. The van der Waals surface area contributed by atoms with Gasteiger partial charge < -0.3 is 15.2 Å². The number of nitrogens with two attached hydrogens (primary N) is 1. The van der Waals surface area contributed by atoms with E-state index in [9.17, 15) is 13.6 Å². The Hall–Kier alpha value is -3.26. The van der Waals surface area contributed by atoms with Gasteiger partial charge in [0.05, 0.1) is 6.61 Å². The lowest BCUT2D eigenvalue weighted by atomic mass is 9.81. The van der Waals surface area contributed by atoms with Crippen LogP contribution < -0.4 is 10.5 Å². The molecule has 0 bridgehead atoms. The van der Waals surface area contributed by atoms with Crippen molar-refractivity contribution in [3.05, 3.63) is 71.3 Å². The van der Waals surface area contributed by atoms with Crippen molar-refractivity contribution in [1.82, 2.24) is 4.90 Å². The summed E-state index contributed by atoms with van der Waals surface area (Å²) in [7, 11) is 3.16. The third kappa shape index (κ3) is 3.91. The van der Waals surface area contributed by atoms with Gasteiger partial charge in [-0.25, -0.2) is 4.99 Å². The predicted octanol–water partition coefficient (Wildman–Crippen LogP) is 3.37. The van der Waals surface area contributed by atoms with Gasteiger partial charge in [-0.2, -0.15) is 8.78 Å². The van der Waals surface area contributed by atoms with E-state index in [2.05, 4.69) is 9.73 Å². The molecule has 2 aromatic rings. The SMILES string of the molecule is COC/C=C(\C)c1cccc(C2(c3ccc(OC(F)F)cc3)N=C(N)N(C)C2=O)c1. The van der Waals surface area contributed by atoms with Crippen LogP contribution >= 0.6 is 0 Å². The van der Waals surface area contributed by atoms with Crippen LogP contribution in [0.4, 0.5) is 8.78 Å². The number of carbonyl (C=O) groups excluding carboxylic acids is 1. The van der Waals surface area contributed by atoms with Gasteiger partial charge in [0.1, 0.15) is 5.75 Å². The number of hydrogen-bond donors (Lipinski definition) is 1. The number of aliphatic imine (C=N–C) groups is 1. The first kappa shape index (κ1) is 21.4. The summed E-state index contributed by atoms with van der Waals surface area (Å²) in [6.45, 7) is -0.530. The third-order valence-corrected chi connectivity index (χ3v) is 5.03. The van der Waals surface area contributed by atoms with Crippen LogP contribution in [0.1, 0.15) is 23.6 Å². The van der Waals surface area contributed by atoms with E-state index in [0.29, 0.717) is 17.7 Å². The number of rotatable bonds is 7. The monoisotopic (exact) mass is 415 g/mol. The summed E-state index contributed by atoms with van der Waals surface area (Å²) in [6.07, 6.45) is 1.93. The molecule has 1 atom stereocenters. The van der Waals surface area contributed by atoms with E-state index in [1.54, 1.807) is 32.4 Å². The van der Waals surface area contributed by atoms with E-state index in [0.717, 1.165) is 11.1 Å². The Morgan fingerprint density at radius 2 is 1.93 bits per heavy atom. The number of carbonyl (C=O) groups is 1. The molecule has 0 fully saturated rings. The van der Waals surface area contributed by atoms with Crippen molar-refractivity contribution >= 4 is 17.4 Å². The van der Waals surface area contributed by atoms with Crippen LogP contribution in [0, 0.1) is 0 Å². The van der Waals surface area contributed by atoms with Crippen molar-refractivity contribution in [3.63, 3.8) is 0 Å². The lowest BCUT2D eigenvalue weighted by Crippen LogP contribution is -2.41. The number of guanidine groups is 1. The number of alkyl halides is 2. The molecule has 30 heavy (non-hydrogen) atoms.